The highest BCUT2D eigenvalue weighted by Crippen LogP contribution is 2.12. The molecule has 0 fully saturated rings. The third-order valence-corrected chi connectivity index (χ3v) is 3.62. The first-order valence-electron chi connectivity index (χ1n) is 8.02. The fraction of sp³-hybridized carbons (Fsp3) is 0.263. The summed E-state index contributed by atoms with van der Waals surface area (Å²) in [6.07, 6.45) is 0.375. The number of thiocarbonyl (C=S) groups is 1. The number of halogens is 1. The lowest BCUT2D eigenvalue weighted by Gasteiger charge is -2.19. The Morgan fingerprint density at radius 2 is 1.81 bits per heavy atom. The fourth-order valence-electron chi connectivity index (χ4n) is 2.15. The van der Waals surface area contributed by atoms with Crippen LogP contribution in [-0.2, 0) is 20.7 Å². The molecule has 2 aromatic carbocycles. The second-order valence-corrected chi connectivity index (χ2v) is 5.76. The van der Waals surface area contributed by atoms with Gasteiger partial charge in [0.15, 0.2) is 0 Å². The highest BCUT2D eigenvalue weighted by Gasteiger charge is 2.22. The third-order valence-electron chi connectivity index (χ3n) is 3.42. The molecular weight excluding hydrogens is 357 g/mol. The first-order chi connectivity index (χ1) is 12.6. The molecule has 7 heteroatoms. The summed E-state index contributed by atoms with van der Waals surface area (Å²) in [5.74, 6) is -0.467. The van der Waals surface area contributed by atoms with Gasteiger partial charge in [0.2, 0.25) is 0 Å². The van der Waals surface area contributed by atoms with Crippen molar-refractivity contribution < 1.29 is 23.4 Å². The van der Waals surface area contributed by atoms with E-state index >= 15 is 0 Å². The van der Waals surface area contributed by atoms with E-state index in [-0.39, 0.29) is 17.6 Å². The molecule has 0 amide bonds. The lowest BCUT2D eigenvalue weighted by molar-refractivity contribution is -0.147. The van der Waals surface area contributed by atoms with Gasteiger partial charge in [0.05, 0.1) is 6.61 Å². The van der Waals surface area contributed by atoms with Gasteiger partial charge in [-0.1, -0.05) is 30.3 Å². The van der Waals surface area contributed by atoms with Gasteiger partial charge in [-0.05, 0) is 42.0 Å². The molecule has 1 N–H and O–H groups in total. The van der Waals surface area contributed by atoms with Crippen LogP contribution in [0.3, 0.4) is 0 Å². The summed E-state index contributed by atoms with van der Waals surface area (Å²) in [5, 5.41) is 2.86. The number of hydrogen-bond acceptors (Lipinski definition) is 5. The van der Waals surface area contributed by atoms with Crippen molar-refractivity contribution in [2.24, 2.45) is 0 Å². The summed E-state index contributed by atoms with van der Waals surface area (Å²) in [6.45, 7) is 0.453. The molecule has 0 aromatic heterocycles. The van der Waals surface area contributed by atoms with Gasteiger partial charge in [-0.3, -0.25) is 0 Å². The monoisotopic (exact) mass is 377 g/mol. The Kier molecular flexibility index (Phi) is 7.98. The summed E-state index contributed by atoms with van der Waals surface area (Å²) in [6, 6.07) is 14.2. The van der Waals surface area contributed by atoms with Crippen LogP contribution < -0.4 is 10.1 Å². The molecule has 5 nitrogen and oxygen atoms in total. The molecule has 2 rings (SSSR count). The van der Waals surface area contributed by atoms with Crippen LogP contribution in [0.2, 0.25) is 0 Å². The second kappa shape index (κ2) is 10.5. The van der Waals surface area contributed by atoms with Crippen molar-refractivity contribution in [3.05, 3.63) is 66.0 Å². The van der Waals surface area contributed by atoms with Gasteiger partial charge in [-0.2, -0.15) is 0 Å². The number of ether oxygens (including phenoxy) is 3. The molecule has 2 aromatic rings. The van der Waals surface area contributed by atoms with Gasteiger partial charge in [-0.15, -0.1) is 0 Å². The number of esters is 1. The maximum absolute atomic E-state index is 13.0. The topological polar surface area (TPSA) is 56.8 Å². The molecule has 0 aliphatic carbocycles. The minimum Gasteiger partial charge on any atom is -0.462 e. The molecule has 0 aliphatic rings. The zero-order chi connectivity index (χ0) is 18.8. The van der Waals surface area contributed by atoms with Crippen LogP contribution in [0.1, 0.15) is 5.56 Å². The van der Waals surface area contributed by atoms with Crippen molar-refractivity contribution in [1.29, 1.82) is 0 Å². The first kappa shape index (κ1) is 19.8. The number of methoxy groups -OCH3 is 1. The van der Waals surface area contributed by atoms with Crippen molar-refractivity contribution in [2.75, 3.05) is 20.3 Å². The number of carbonyl (C=O) groups is 1. The average Bonchev–Trinajstić information content (AvgIpc) is 2.64. The van der Waals surface area contributed by atoms with Crippen LogP contribution in [0.15, 0.2) is 54.6 Å². The average molecular weight is 377 g/mol. The Hall–Kier alpha value is -2.51. The maximum atomic E-state index is 13.0. The summed E-state index contributed by atoms with van der Waals surface area (Å²) in [5.41, 5.74) is 0.943. The fourth-order valence-corrected chi connectivity index (χ4v) is 2.39. The van der Waals surface area contributed by atoms with Gasteiger partial charge in [0.25, 0.3) is 5.17 Å². The normalized spacial score (nSPS) is 11.5. The van der Waals surface area contributed by atoms with E-state index in [9.17, 15) is 9.18 Å². The van der Waals surface area contributed by atoms with Crippen LogP contribution >= 0.6 is 12.2 Å². The Morgan fingerprint density at radius 3 is 2.46 bits per heavy atom. The summed E-state index contributed by atoms with van der Waals surface area (Å²) < 4.78 is 28.5. The number of nitrogens with one attached hydrogen (secondary N) is 1. The largest absolute Gasteiger partial charge is 0.462 e. The zero-order valence-electron chi connectivity index (χ0n) is 14.3. The lowest BCUT2D eigenvalue weighted by atomic mass is 10.1. The Balaban J connectivity index is 2.00. The number of benzene rings is 2. The first-order valence-corrected chi connectivity index (χ1v) is 8.42. The van der Waals surface area contributed by atoms with Crippen molar-refractivity contribution in [2.45, 2.75) is 12.5 Å². The molecule has 0 radical (unpaired) electrons. The van der Waals surface area contributed by atoms with Crippen LogP contribution in [0, 0.1) is 5.82 Å². The molecular formula is C19H20FNO4S. The smallest absolute Gasteiger partial charge is 0.329 e. The van der Waals surface area contributed by atoms with E-state index in [1.54, 1.807) is 0 Å². The highest BCUT2D eigenvalue weighted by molar-refractivity contribution is 7.80. The van der Waals surface area contributed by atoms with Crippen molar-refractivity contribution in [1.82, 2.24) is 5.32 Å². The summed E-state index contributed by atoms with van der Waals surface area (Å²) in [4.78, 5) is 12.3. The van der Waals surface area contributed by atoms with Crippen LogP contribution in [0.4, 0.5) is 4.39 Å². The molecule has 0 spiro atoms. The van der Waals surface area contributed by atoms with Gasteiger partial charge in [0.1, 0.15) is 24.2 Å². The van der Waals surface area contributed by atoms with Crippen molar-refractivity contribution in [3.63, 3.8) is 0 Å². The van der Waals surface area contributed by atoms with Crippen LogP contribution in [0.5, 0.6) is 5.75 Å². The molecule has 0 heterocycles. The van der Waals surface area contributed by atoms with E-state index in [1.165, 1.54) is 31.4 Å². The number of rotatable bonds is 8. The van der Waals surface area contributed by atoms with E-state index in [4.69, 9.17) is 26.4 Å². The third kappa shape index (κ3) is 6.78. The van der Waals surface area contributed by atoms with E-state index in [0.29, 0.717) is 18.8 Å². The van der Waals surface area contributed by atoms with E-state index < -0.39 is 12.0 Å². The Morgan fingerprint density at radius 1 is 1.12 bits per heavy atom. The second-order valence-electron chi connectivity index (χ2n) is 5.39. The molecule has 0 unspecified atom stereocenters. The molecule has 26 heavy (non-hydrogen) atoms. The summed E-state index contributed by atoms with van der Waals surface area (Å²) >= 11 is 5.16. The standard InChI is InChI=1S/C19H20FNO4S/c1-23-11-12-24-18(22)17(13-14-5-3-2-4-6-14)21-19(26)25-16-9-7-15(20)8-10-16/h2-10,17H,11-13H2,1H3,(H,21,26)/t17-/m0/s1. The van der Waals surface area contributed by atoms with Crippen molar-refractivity contribution in [3.8, 4) is 5.75 Å². The Labute approximate surface area is 157 Å². The van der Waals surface area contributed by atoms with E-state index in [2.05, 4.69) is 5.32 Å². The SMILES string of the molecule is COCCOC(=O)[C@H](Cc1ccccc1)NC(=S)Oc1ccc(F)cc1. The Bertz CT molecular complexity index is 709. The summed E-state index contributed by atoms with van der Waals surface area (Å²) in [7, 11) is 1.53. The van der Waals surface area contributed by atoms with E-state index in [1.807, 2.05) is 30.3 Å². The van der Waals surface area contributed by atoms with Gasteiger partial charge >= 0.3 is 5.97 Å². The quantitative estimate of drug-likeness (QED) is 0.434. The molecule has 0 aliphatic heterocycles. The number of carbonyl (C=O) groups excluding carboxylic acids is 1. The number of hydrogen-bond donors (Lipinski definition) is 1. The van der Waals surface area contributed by atoms with Crippen LogP contribution in [-0.4, -0.2) is 37.5 Å². The minimum atomic E-state index is -0.720. The molecule has 138 valence electrons. The zero-order valence-corrected chi connectivity index (χ0v) is 15.1. The molecule has 1 atom stereocenters. The molecule has 0 bridgehead atoms. The van der Waals surface area contributed by atoms with Crippen LogP contribution in [0.25, 0.3) is 0 Å². The van der Waals surface area contributed by atoms with Crippen molar-refractivity contribution >= 4 is 23.4 Å². The molecule has 0 saturated carbocycles. The predicted octanol–water partition coefficient (Wildman–Crippen LogP) is 2.88. The van der Waals surface area contributed by atoms with Gasteiger partial charge in [-0.25, -0.2) is 9.18 Å². The lowest BCUT2D eigenvalue weighted by Crippen LogP contribution is -2.44. The van der Waals surface area contributed by atoms with E-state index in [0.717, 1.165) is 5.56 Å². The molecule has 0 saturated heterocycles. The van der Waals surface area contributed by atoms with Gasteiger partial charge < -0.3 is 19.5 Å². The predicted molar refractivity (Wildman–Crippen MR) is 99.5 cm³/mol. The minimum absolute atomic E-state index is 0.00114. The van der Waals surface area contributed by atoms with Gasteiger partial charge in [0, 0.05) is 13.5 Å². The maximum Gasteiger partial charge on any atom is 0.329 e. The highest BCUT2D eigenvalue weighted by atomic mass is 32.1.